The monoisotopic (exact) mass is 709 g/mol. The summed E-state index contributed by atoms with van der Waals surface area (Å²) in [5, 5.41) is 6.13. The van der Waals surface area contributed by atoms with Crippen LogP contribution < -0.4 is 4.90 Å². The first-order chi connectivity index (χ1) is 26.5. The van der Waals surface area contributed by atoms with Crippen molar-refractivity contribution in [3.8, 4) is 27.4 Å². The van der Waals surface area contributed by atoms with Gasteiger partial charge in [-0.2, -0.15) is 0 Å². The summed E-state index contributed by atoms with van der Waals surface area (Å²) in [6, 6.07) is 63.9. The lowest BCUT2D eigenvalue weighted by Crippen LogP contribution is -2.17. The van der Waals surface area contributed by atoms with Gasteiger partial charge < -0.3 is 9.47 Å². The van der Waals surface area contributed by atoms with Gasteiger partial charge in [-0.05, 0) is 94.4 Å². The number of anilines is 3. The Balaban J connectivity index is 1.07. The van der Waals surface area contributed by atoms with Gasteiger partial charge in [0.25, 0.3) is 0 Å². The molecule has 1 aliphatic carbocycles. The average Bonchev–Trinajstić information content (AvgIpc) is 3.88. The van der Waals surface area contributed by atoms with Crippen molar-refractivity contribution in [2.75, 3.05) is 4.90 Å². The molecule has 8 aromatic carbocycles. The summed E-state index contributed by atoms with van der Waals surface area (Å²) < 4.78 is 3.63. The van der Waals surface area contributed by atoms with Crippen LogP contribution in [0, 0.1) is 0 Å². The predicted octanol–water partition coefficient (Wildman–Crippen LogP) is 14.0. The van der Waals surface area contributed by atoms with E-state index in [-0.39, 0.29) is 5.41 Å². The topological polar surface area (TPSA) is 21.1 Å². The van der Waals surface area contributed by atoms with Gasteiger partial charge in [-0.1, -0.05) is 123 Å². The van der Waals surface area contributed by atoms with Crippen molar-refractivity contribution >= 4 is 71.2 Å². The zero-order valence-electron chi connectivity index (χ0n) is 30.0. The Labute approximate surface area is 318 Å². The normalized spacial score (nSPS) is 13.1. The fourth-order valence-electron chi connectivity index (χ4n) is 8.93. The smallest absolute Gasteiger partial charge is 0.124 e. The second-order valence-corrected chi connectivity index (χ2v) is 15.8. The van der Waals surface area contributed by atoms with E-state index in [0.29, 0.717) is 0 Å². The second-order valence-electron chi connectivity index (χ2n) is 14.8. The van der Waals surface area contributed by atoms with Crippen molar-refractivity contribution in [2.45, 2.75) is 19.3 Å². The number of hydrogen-bond acceptors (Lipinski definition) is 3. The molecular formula is C50H35N3S. The van der Waals surface area contributed by atoms with Crippen molar-refractivity contribution in [1.82, 2.24) is 9.55 Å². The number of nitrogens with zero attached hydrogens (tertiary/aromatic N) is 3. The molecule has 10 aromatic rings. The van der Waals surface area contributed by atoms with Crippen LogP contribution in [0.5, 0.6) is 0 Å². The maximum Gasteiger partial charge on any atom is 0.124 e. The highest BCUT2D eigenvalue weighted by Gasteiger charge is 2.38. The van der Waals surface area contributed by atoms with Gasteiger partial charge in [0.1, 0.15) is 5.01 Å². The summed E-state index contributed by atoms with van der Waals surface area (Å²) in [5.41, 5.74) is 14.4. The van der Waals surface area contributed by atoms with Crippen LogP contribution >= 0.6 is 11.3 Å². The summed E-state index contributed by atoms with van der Waals surface area (Å²) in [4.78, 5) is 7.47. The molecule has 4 heteroatoms. The molecule has 1 aliphatic rings. The molecule has 54 heavy (non-hydrogen) atoms. The Hall–Kier alpha value is -6.49. The van der Waals surface area contributed by atoms with Crippen LogP contribution in [0.15, 0.2) is 176 Å². The van der Waals surface area contributed by atoms with Crippen molar-refractivity contribution in [3.05, 3.63) is 187 Å². The summed E-state index contributed by atoms with van der Waals surface area (Å²) >= 11 is 1.79. The fourth-order valence-corrected chi connectivity index (χ4v) is 10.0. The molecule has 0 atom stereocenters. The highest BCUT2D eigenvalue weighted by atomic mass is 32.1. The third-order valence-corrected chi connectivity index (χ3v) is 12.5. The Bertz CT molecular complexity index is 3070. The molecule has 0 bridgehead atoms. The zero-order valence-corrected chi connectivity index (χ0v) is 30.8. The van der Waals surface area contributed by atoms with Gasteiger partial charge in [0.15, 0.2) is 0 Å². The van der Waals surface area contributed by atoms with Crippen LogP contribution in [0.3, 0.4) is 0 Å². The number of hydrogen-bond donors (Lipinski definition) is 0. The summed E-state index contributed by atoms with van der Waals surface area (Å²) in [6.45, 7) is 4.79. The Kier molecular flexibility index (Phi) is 6.77. The van der Waals surface area contributed by atoms with E-state index in [1.165, 1.54) is 59.5 Å². The van der Waals surface area contributed by atoms with Crippen LogP contribution in [0.1, 0.15) is 25.0 Å². The molecule has 256 valence electrons. The molecule has 0 unspecified atom stereocenters. The largest absolute Gasteiger partial charge is 0.310 e. The van der Waals surface area contributed by atoms with Crippen molar-refractivity contribution in [1.29, 1.82) is 0 Å². The molecule has 0 saturated heterocycles. The quantitative estimate of drug-likeness (QED) is 0.177. The first-order valence-electron chi connectivity index (χ1n) is 18.6. The summed E-state index contributed by atoms with van der Waals surface area (Å²) in [5.74, 6) is 0. The molecule has 0 fully saturated rings. The minimum Gasteiger partial charge on any atom is -0.310 e. The molecule has 0 saturated carbocycles. The van der Waals surface area contributed by atoms with Gasteiger partial charge in [0, 0.05) is 49.9 Å². The average molecular weight is 710 g/mol. The van der Waals surface area contributed by atoms with Gasteiger partial charge in [-0.3, -0.25) is 0 Å². The molecule has 0 spiro atoms. The number of benzene rings is 8. The van der Waals surface area contributed by atoms with Crippen LogP contribution in [-0.4, -0.2) is 9.55 Å². The van der Waals surface area contributed by atoms with Crippen molar-refractivity contribution in [2.24, 2.45) is 0 Å². The Morgan fingerprint density at radius 1 is 0.519 bits per heavy atom. The standard InChI is InChI=1S/C50H35N3S/c1-50(2)43-31-36(22-24-37(43)39-25-26-41-40(47(39)50)27-28-44-48(41)54-49(51-44)32-14-6-3-7-15-32)52(33-16-8-4-9-17-33)35-23-29-46-42(30-35)38-20-12-13-21-45(38)53(46)34-18-10-5-11-19-34/h3-31H,1-2H3. The number of rotatable bonds is 5. The van der Waals surface area contributed by atoms with Crippen LogP contribution in [-0.2, 0) is 5.41 Å². The minimum atomic E-state index is -0.212. The third-order valence-electron chi connectivity index (χ3n) is 11.4. The molecule has 0 radical (unpaired) electrons. The van der Waals surface area contributed by atoms with Gasteiger partial charge in [0.2, 0.25) is 0 Å². The molecular weight excluding hydrogens is 675 g/mol. The van der Waals surface area contributed by atoms with E-state index in [1.807, 2.05) is 0 Å². The van der Waals surface area contributed by atoms with Crippen LogP contribution in [0.25, 0.3) is 70.2 Å². The fraction of sp³-hybridized carbons (Fsp3) is 0.0600. The number of para-hydroxylation sites is 3. The van der Waals surface area contributed by atoms with Crippen molar-refractivity contribution in [3.63, 3.8) is 0 Å². The van der Waals surface area contributed by atoms with E-state index < -0.39 is 0 Å². The molecule has 2 aromatic heterocycles. The Morgan fingerprint density at radius 2 is 1.17 bits per heavy atom. The molecule has 0 N–H and O–H groups in total. The highest BCUT2D eigenvalue weighted by Crippen LogP contribution is 2.54. The first kappa shape index (κ1) is 31.1. The van der Waals surface area contributed by atoms with Gasteiger partial charge in [-0.15, -0.1) is 11.3 Å². The lowest BCUT2D eigenvalue weighted by atomic mass is 9.80. The zero-order chi connectivity index (χ0) is 36.0. The lowest BCUT2D eigenvalue weighted by molar-refractivity contribution is 0.666. The minimum absolute atomic E-state index is 0.212. The summed E-state index contributed by atoms with van der Waals surface area (Å²) in [7, 11) is 0. The SMILES string of the molecule is CC1(C)c2cc(N(c3ccccc3)c3ccc4c(c3)c3ccccc3n4-c3ccccc3)ccc2-c2ccc3c(ccc4nc(-c5ccccc5)sc43)c21. The van der Waals surface area contributed by atoms with E-state index in [0.717, 1.165) is 38.8 Å². The van der Waals surface area contributed by atoms with Crippen LogP contribution in [0.4, 0.5) is 17.1 Å². The number of aromatic nitrogens is 2. The van der Waals surface area contributed by atoms with Gasteiger partial charge in [-0.25, -0.2) is 4.98 Å². The Morgan fingerprint density at radius 3 is 1.98 bits per heavy atom. The predicted molar refractivity (Wildman–Crippen MR) is 229 cm³/mol. The maximum absolute atomic E-state index is 5.06. The first-order valence-corrected chi connectivity index (χ1v) is 19.4. The third kappa shape index (κ3) is 4.57. The van der Waals surface area contributed by atoms with Gasteiger partial charge >= 0.3 is 0 Å². The molecule has 2 heterocycles. The van der Waals surface area contributed by atoms with Crippen LogP contribution in [0.2, 0.25) is 0 Å². The van der Waals surface area contributed by atoms with E-state index in [9.17, 15) is 0 Å². The van der Waals surface area contributed by atoms with Gasteiger partial charge in [0.05, 0.1) is 21.3 Å². The second kappa shape index (κ2) is 11.8. The molecule has 0 amide bonds. The molecule has 3 nitrogen and oxygen atoms in total. The van der Waals surface area contributed by atoms with E-state index in [2.05, 4.69) is 199 Å². The number of fused-ring (bicyclic) bond motifs is 10. The highest BCUT2D eigenvalue weighted by molar-refractivity contribution is 7.22. The maximum atomic E-state index is 5.06. The van der Waals surface area contributed by atoms with E-state index in [4.69, 9.17) is 4.98 Å². The van der Waals surface area contributed by atoms with Crippen molar-refractivity contribution < 1.29 is 0 Å². The lowest BCUT2D eigenvalue weighted by Gasteiger charge is -2.28. The molecule has 0 aliphatic heterocycles. The molecule has 11 rings (SSSR count). The van der Waals surface area contributed by atoms with E-state index in [1.54, 1.807) is 11.3 Å². The van der Waals surface area contributed by atoms with E-state index >= 15 is 0 Å². The number of thiazole rings is 1. The summed E-state index contributed by atoms with van der Waals surface area (Å²) in [6.07, 6.45) is 0.